The maximum absolute atomic E-state index is 11.5. The highest BCUT2D eigenvalue weighted by atomic mass is 16.5. The van der Waals surface area contributed by atoms with E-state index in [0.29, 0.717) is 13.1 Å². The molecule has 0 aliphatic carbocycles. The molecule has 4 nitrogen and oxygen atoms in total. The largest absolute Gasteiger partial charge is 0.385 e. The summed E-state index contributed by atoms with van der Waals surface area (Å²) in [5, 5.41) is 2.91. The Morgan fingerprint density at radius 2 is 2.13 bits per heavy atom. The van der Waals surface area contributed by atoms with E-state index in [2.05, 4.69) is 19.2 Å². The van der Waals surface area contributed by atoms with E-state index in [1.54, 1.807) is 7.11 Å². The first-order valence-electron chi connectivity index (χ1n) is 5.39. The quantitative estimate of drug-likeness (QED) is 0.660. The van der Waals surface area contributed by atoms with Crippen molar-refractivity contribution in [2.24, 2.45) is 17.1 Å². The first kappa shape index (κ1) is 14.4. The summed E-state index contributed by atoms with van der Waals surface area (Å²) in [6, 6.07) is 0. The second-order valence-corrected chi connectivity index (χ2v) is 4.76. The Hall–Kier alpha value is -0.610. The molecule has 0 spiro atoms. The maximum Gasteiger partial charge on any atom is 0.224 e. The van der Waals surface area contributed by atoms with Crippen LogP contribution in [0.1, 0.15) is 27.2 Å². The number of rotatable bonds is 7. The van der Waals surface area contributed by atoms with Gasteiger partial charge in [-0.2, -0.15) is 0 Å². The highest BCUT2D eigenvalue weighted by Crippen LogP contribution is 2.18. The third-order valence-corrected chi connectivity index (χ3v) is 2.53. The molecule has 1 unspecified atom stereocenters. The molecule has 0 rings (SSSR count). The lowest BCUT2D eigenvalue weighted by Crippen LogP contribution is -2.39. The van der Waals surface area contributed by atoms with Crippen molar-refractivity contribution in [2.75, 3.05) is 26.8 Å². The molecule has 4 heteroatoms. The fraction of sp³-hybridized carbons (Fsp3) is 0.909. The number of ether oxygens (including phenoxy) is 1. The molecular weight excluding hydrogens is 192 g/mol. The number of amides is 1. The summed E-state index contributed by atoms with van der Waals surface area (Å²) in [5.41, 5.74) is 5.48. The van der Waals surface area contributed by atoms with Gasteiger partial charge in [0.1, 0.15) is 0 Å². The Morgan fingerprint density at radius 1 is 1.53 bits per heavy atom. The van der Waals surface area contributed by atoms with Crippen molar-refractivity contribution in [3.8, 4) is 0 Å². The molecule has 90 valence electrons. The van der Waals surface area contributed by atoms with Gasteiger partial charge in [-0.1, -0.05) is 20.8 Å². The van der Waals surface area contributed by atoms with Crippen LogP contribution in [0.15, 0.2) is 0 Å². The van der Waals surface area contributed by atoms with Crippen LogP contribution in [0.5, 0.6) is 0 Å². The van der Waals surface area contributed by atoms with E-state index in [-0.39, 0.29) is 17.2 Å². The van der Waals surface area contributed by atoms with Gasteiger partial charge in [0.15, 0.2) is 0 Å². The van der Waals surface area contributed by atoms with Crippen LogP contribution in [0.4, 0.5) is 0 Å². The standard InChI is InChI=1S/C11H24N2O2/c1-9(7-12)10(14)13-8-11(2,3)5-6-15-4/h9H,5-8,12H2,1-4H3,(H,13,14). The first-order chi connectivity index (χ1) is 6.93. The number of nitrogens with one attached hydrogen (secondary N) is 1. The molecule has 0 aromatic heterocycles. The van der Waals surface area contributed by atoms with Crippen LogP contribution < -0.4 is 11.1 Å². The van der Waals surface area contributed by atoms with Gasteiger partial charge in [0.2, 0.25) is 5.91 Å². The molecule has 0 fully saturated rings. The van der Waals surface area contributed by atoms with Crippen molar-refractivity contribution in [2.45, 2.75) is 27.2 Å². The molecule has 3 N–H and O–H groups in total. The molecule has 0 bridgehead atoms. The average molecular weight is 216 g/mol. The smallest absolute Gasteiger partial charge is 0.224 e. The number of methoxy groups -OCH3 is 1. The Labute approximate surface area is 92.6 Å². The lowest BCUT2D eigenvalue weighted by Gasteiger charge is -2.25. The number of nitrogens with two attached hydrogens (primary N) is 1. The molecule has 0 radical (unpaired) electrons. The lowest BCUT2D eigenvalue weighted by atomic mass is 9.89. The van der Waals surface area contributed by atoms with Gasteiger partial charge < -0.3 is 15.8 Å². The zero-order chi connectivity index (χ0) is 11.9. The van der Waals surface area contributed by atoms with Crippen LogP contribution in [0.25, 0.3) is 0 Å². The third-order valence-electron chi connectivity index (χ3n) is 2.53. The molecule has 0 heterocycles. The van der Waals surface area contributed by atoms with Crippen LogP contribution in [0.3, 0.4) is 0 Å². The van der Waals surface area contributed by atoms with Gasteiger partial charge in [0, 0.05) is 32.7 Å². The van der Waals surface area contributed by atoms with E-state index in [1.165, 1.54) is 0 Å². The van der Waals surface area contributed by atoms with Gasteiger partial charge in [-0.15, -0.1) is 0 Å². The minimum atomic E-state index is -0.108. The summed E-state index contributed by atoms with van der Waals surface area (Å²) in [6.45, 7) is 7.83. The average Bonchev–Trinajstić information content (AvgIpc) is 2.22. The van der Waals surface area contributed by atoms with Gasteiger partial charge in [-0.25, -0.2) is 0 Å². The molecule has 0 saturated heterocycles. The zero-order valence-electron chi connectivity index (χ0n) is 10.3. The number of carbonyl (C=O) groups excluding carboxylic acids is 1. The molecule has 0 aromatic carbocycles. The van der Waals surface area contributed by atoms with E-state index < -0.39 is 0 Å². The second-order valence-electron chi connectivity index (χ2n) is 4.76. The lowest BCUT2D eigenvalue weighted by molar-refractivity contribution is -0.124. The molecule has 0 saturated carbocycles. The molecule has 0 aliphatic heterocycles. The highest BCUT2D eigenvalue weighted by molar-refractivity contribution is 5.78. The topological polar surface area (TPSA) is 64.3 Å². The van der Waals surface area contributed by atoms with Gasteiger partial charge >= 0.3 is 0 Å². The normalized spacial score (nSPS) is 13.7. The highest BCUT2D eigenvalue weighted by Gasteiger charge is 2.19. The zero-order valence-corrected chi connectivity index (χ0v) is 10.3. The molecular formula is C11H24N2O2. The fourth-order valence-corrected chi connectivity index (χ4v) is 1.07. The Bertz CT molecular complexity index is 193. The van der Waals surface area contributed by atoms with Crippen LogP contribution in [0, 0.1) is 11.3 Å². The minimum Gasteiger partial charge on any atom is -0.385 e. The third kappa shape index (κ3) is 6.47. The van der Waals surface area contributed by atoms with Crippen LogP contribution in [0.2, 0.25) is 0 Å². The second kappa shape index (κ2) is 6.80. The minimum absolute atomic E-state index is 0.0305. The van der Waals surface area contributed by atoms with Gasteiger partial charge in [0.05, 0.1) is 0 Å². The summed E-state index contributed by atoms with van der Waals surface area (Å²) < 4.78 is 5.02. The van der Waals surface area contributed by atoms with Crippen molar-refractivity contribution in [3.05, 3.63) is 0 Å². The van der Waals surface area contributed by atoms with Crippen LogP contribution in [-0.4, -0.2) is 32.7 Å². The van der Waals surface area contributed by atoms with E-state index in [4.69, 9.17) is 10.5 Å². The molecule has 0 aliphatic rings. The van der Waals surface area contributed by atoms with E-state index in [1.807, 2.05) is 6.92 Å². The monoisotopic (exact) mass is 216 g/mol. The van der Waals surface area contributed by atoms with E-state index in [0.717, 1.165) is 13.0 Å². The molecule has 1 amide bonds. The van der Waals surface area contributed by atoms with Crippen molar-refractivity contribution >= 4 is 5.91 Å². The number of carbonyl (C=O) groups is 1. The summed E-state index contributed by atoms with van der Waals surface area (Å²) in [5.74, 6) is -0.0776. The summed E-state index contributed by atoms with van der Waals surface area (Å²) in [7, 11) is 1.69. The maximum atomic E-state index is 11.5. The van der Waals surface area contributed by atoms with Crippen molar-refractivity contribution in [1.82, 2.24) is 5.32 Å². The van der Waals surface area contributed by atoms with E-state index >= 15 is 0 Å². The van der Waals surface area contributed by atoms with Gasteiger partial charge in [-0.3, -0.25) is 4.79 Å². The molecule has 1 atom stereocenters. The molecule has 15 heavy (non-hydrogen) atoms. The number of hydrogen-bond donors (Lipinski definition) is 2. The Morgan fingerprint density at radius 3 is 2.60 bits per heavy atom. The summed E-state index contributed by atoms with van der Waals surface area (Å²) >= 11 is 0. The van der Waals surface area contributed by atoms with Crippen molar-refractivity contribution < 1.29 is 9.53 Å². The number of hydrogen-bond acceptors (Lipinski definition) is 3. The van der Waals surface area contributed by atoms with Gasteiger partial charge in [0.25, 0.3) is 0 Å². The predicted molar refractivity (Wildman–Crippen MR) is 61.5 cm³/mol. The molecule has 0 aromatic rings. The van der Waals surface area contributed by atoms with Crippen molar-refractivity contribution in [1.29, 1.82) is 0 Å². The van der Waals surface area contributed by atoms with E-state index in [9.17, 15) is 4.79 Å². The van der Waals surface area contributed by atoms with Crippen LogP contribution >= 0.6 is 0 Å². The Balaban J connectivity index is 3.86. The predicted octanol–water partition coefficient (Wildman–Crippen LogP) is 0.760. The fourth-order valence-electron chi connectivity index (χ4n) is 1.07. The van der Waals surface area contributed by atoms with Crippen molar-refractivity contribution in [3.63, 3.8) is 0 Å². The first-order valence-corrected chi connectivity index (χ1v) is 5.39. The summed E-state index contributed by atoms with van der Waals surface area (Å²) in [6.07, 6.45) is 0.931. The SMILES string of the molecule is COCCC(C)(C)CNC(=O)C(C)CN. The Kier molecular flexibility index (Phi) is 6.52. The van der Waals surface area contributed by atoms with Gasteiger partial charge in [-0.05, 0) is 11.8 Å². The summed E-state index contributed by atoms with van der Waals surface area (Å²) in [4.78, 5) is 11.5. The van der Waals surface area contributed by atoms with Crippen LogP contribution in [-0.2, 0) is 9.53 Å².